The van der Waals surface area contributed by atoms with Gasteiger partial charge in [-0.2, -0.15) is 4.99 Å². The highest BCUT2D eigenvalue weighted by molar-refractivity contribution is 8.18. The molecule has 4 rings (SSSR count). The molecule has 0 bridgehead atoms. The Bertz CT molecular complexity index is 870. The maximum Gasteiger partial charge on any atom is 0.286 e. The molecule has 1 saturated heterocycles. The third-order valence-corrected chi connectivity index (χ3v) is 5.32. The number of nitrogens with zero attached hydrogens (tertiary/aromatic N) is 3. The minimum Gasteiger partial charge on any atom is -0.378 e. The van der Waals surface area contributed by atoms with Crippen LogP contribution in [0, 0.1) is 5.92 Å². The first-order valence-corrected chi connectivity index (χ1v) is 8.75. The monoisotopic (exact) mass is 339 g/mol. The Morgan fingerprint density at radius 1 is 1.29 bits per heavy atom. The first-order chi connectivity index (χ1) is 11.7. The third kappa shape index (κ3) is 2.81. The molecular formula is C17H17N5OS. The number of hydrogen-bond acceptors (Lipinski definition) is 6. The molecule has 0 atom stereocenters. The maximum atomic E-state index is 12.3. The summed E-state index contributed by atoms with van der Waals surface area (Å²) < 4.78 is 0. The van der Waals surface area contributed by atoms with Crippen molar-refractivity contribution in [3.63, 3.8) is 0 Å². The Morgan fingerprint density at radius 3 is 2.88 bits per heavy atom. The van der Waals surface area contributed by atoms with Crippen molar-refractivity contribution in [3.05, 3.63) is 41.2 Å². The molecule has 0 aliphatic carbocycles. The van der Waals surface area contributed by atoms with Crippen LogP contribution in [0.25, 0.3) is 16.5 Å². The number of thioether (sulfide) groups is 1. The number of fused-ring (bicyclic) bond motifs is 1. The molecule has 0 saturated carbocycles. The van der Waals surface area contributed by atoms with Crippen LogP contribution in [0.2, 0.25) is 0 Å². The smallest absolute Gasteiger partial charge is 0.286 e. The van der Waals surface area contributed by atoms with Gasteiger partial charge in [0.2, 0.25) is 0 Å². The van der Waals surface area contributed by atoms with Crippen molar-refractivity contribution >= 4 is 39.3 Å². The van der Waals surface area contributed by atoms with Gasteiger partial charge in [0.15, 0.2) is 5.17 Å². The molecular weight excluding hydrogens is 322 g/mol. The molecule has 122 valence electrons. The lowest BCUT2D eigenvalue weighted by atomic mass is 9.85. The average Bonchev–Trinajstić information content (AvgIpc) is 2.94. The first kappa shape index (κ1) is 15.3. The van der Waals surface area contributed by atoms with E-state index in [9.17, 15) is 4.79 Å². The molecule has 3 N–H and O–H groups in total. The maximum absolute atomic E-state index is 12.3. The van der Waals surface area contributed by atoms with Crippen LogP contribution in [-0.2, 0) is 4.79 Å². The number of aromatic nitrogens is 2. The summed E-state index contributed by atoms with van der Waals surface area (Å²) in [6.45, 7) is 1.90. The van der Waals surface area contributed by atoms with Gasteiger partial charge in [0.25, 0.3) is 5.91 Å². The molecule has 2 aliphatic rings. The summed E-state index contributed by atoms with van der Waals surface area (Å²) in [6, 6.07) is 6.06. The Morgan fingerprint density at radius 2 is 2.12 bits per heavy atom. The van der Waals surface area contributed by atoms with Gasteiger partial charge in [0.05, 0.1) is 10.4 Å². The molecule has 2 aliphatic heterocycles. The van der Waals surface area contributed by atoms with Gasteiger partial charge in [-0.1, -0.05) is 6.07 Å². The molecule has 0 radical (unpaired) electrons. The molecule has 0 unspecified atom stereocenters. The van der Waals surface area contributed by atoms with Crippen molar-refractivity contribution in [2.24, 2.45) is 16.6 Å². The fourth-order valence-corrected chi connectivity index (χ4v) is 4.17. The highest BCUT2D eigenvalue weighted by Crippen LogP contribution is 2.40. The SMILES string of the molecule is NC1=NC(=O)C(=C(c2ccc3ncncc3c2)C2CCNCC2)S1. The largest absolute Gasteiger partial charge is 0.378 e. The standard InChI is InChI=1S/C17H17N5OS/c18-17-22-16(23)15(24-17)14(10-3-5-19-6-4-10)11-1-2-13-12(7-11)8-20-9-21-13/h1-2,7-10,19H,3-6H2,(H2,18,22,23). The van der Waals surface area contributed by atoms with Gasteiger partial charge in [-0.05, 0) is 66.9 Å². The van der Waals surface area contributed by atoms with Crippen molar-refractivity contribution in [1.82, 2.24) is 15.3 Å². The fourth-order valence-electron chi connectivity index (χ4n) is 3.31. The normalized spacial score (nSPS) is 21.2. The highest BCUT2D eigenvalue weighted by atomic mass is 32.2. The van der Waals surface area contributed by atoms with Crippen LogP contribution in [0.4, 0.5) is 0 Å². The molecule has 3 heterocycles. The van der Waals surface area contributed by atoms with E-state index in [1.807, 2.05) is 12.1 Å². The van der Waals surface area contributed by atoms with E-state index in [1.165, 1.54) is 11.8 Å². The molecule has 1 amide bonds. The van der Waals surface area contributed by atoms with Gasteiger partial charge in [-0.3, -0.25) is 4.79 Å². The van der Waals surface area contributed by atoms with Crippen LogP contribution in [0.15, 0.2) is 40.6 Å². The van der Waals surface area contributed by atoms with Crippen LogP contribution in [0.5, 0.6) is 0 Å². The minimum atomic E-state index is -0.226. The number of piperidine rings is 1. The minimum absolute atomic E-state index is 0.226. The Hall–Kier alpha value is -2.25. The van der Waals surface area contributed by atoms with E-state index in [-0.39, 0.29) is 5.91 Å². The summed E-state index contributed by atoms with van der Waals surface area (Å²) in [4.78, 5) is 25.2. The van der Waals surface area contributed by atoms with E-state index in [4.69, 9.17) is 5.73 Å². The average molecular weight is 339 g/mol. The van der Waals surface area contributed by atoms with Crippen molar-refractivity contribution in [3.8, 4) is 0 Å². The summed E-state index contributed by atoms with van der Waals surface area (Å²) in [7, 11) is 0. The van der Waals surface area contributed by atoms with Gasteiger partial charge in [-0.25, -0.2) is 9.97 Å². The predicted molar refractivity (Wildman–Crippen MR) is 96.3 cm³/mol. The van der Waals surface area contributed by atoms with E-state index in [2.05, 4.69) is 26.3 Å². The lowest BCUT2D eigenvalue weighted by Crippen LogP contribution is -2.28. The molecule has 0 spiro atoms. The summed E-state index contributed by atoms with van der Waals surface area (Å²) in [6.07, 6.45) is 5.33. The second-order valence-corrected chi connectivity index (χ2v) is 6.95. The topological polar surface area (TPSA) is 93.3 Å². The number of hydrogen-bond donors (Lipinski definition) is 2. The zero-order valence-corrected chi connectivity index (χ0v) is 13.8. The highest BCUT2D eigenvalue weighted by Gasteiger charge is 2.30. The van der Waals surface area contributed by atoms with E-state index < -0.39 is 0 Å². The van der Waals surface area contributed by atoms with Crippen molar-refractivity contribution < 1.29 is 4.79 Å². The lowest BCUT2D eigenvalue weighted by Gasteiger charge is -2.26. The number of benzene rings is 1. The van der Waals surface area contributed by atoms with E-state index in [1.54, 1.807) is 12.5 Å². The molecule has 1 aromatic heterocycles. The summed E-state index contributed by atoms with van der Waals surface area (Å²) in [5.41, 5.74) is 8.76. The number of nitrogens with one attached hydrogen (secondary N) is 1. The van der Waals surface area contributed by atoms with Gasteiger partial charge >= 0.3 is 0 Å². The Kier molecular flexibility index (Phi) is 4.03. The van der Waals surface area contributed by atoms with Crippen LogP contribution in [-0.4, -0.2) is 34.1 Å². The number of nitrogens with two attached hydrogens (primary N) is 1. The van der Waals surface area contributed by atoms with E-state index in [0.717, 1.165) is 48.0 Å². The summed E-state index contributed by atoms with van der Waals surface area (Å²) in [5, 5.41) is 4.66. The van der Waals surface area contributed by atoms with Crippen LogP contribution in [0.1, 0.15) is 18.4 Å². The van der Waals surface area contributed by atoms with Crippen LogP contribution in [0.3, 0.4) is 0 Å². The number of amides is 1. The predicted octanol–water partition coefficient (Wildman–Crippen LogP) is 1.93. The van der Waals surface area contributed by atoms with Gasteiger partial charge < -0.3 is 11.1 Å². The van der Waals surface area contributed by atoms with Gasteiger partial charge in [0, 0.05) is 11.6 Å². The second-order valence-electron chi connectivity index (χ2n) is 5.92. The zero-order valence-electron chi connectivity index (χ0n) is 13.0. The quantitative estimate of drug-likeness (QED) is 0.812. The Balaban J connectivity index is 1.85. The molecule has 24 heavy (non-hydrogen) atoms. The Labute approximate surface area is 143 Å². The zero-order chi connectivity index (χ0) is 16.5. The molecule has 6 nitrogen and oxygen atoms in total. The second kappa shape index (κ2) is 6.33. The lowest BCUT2D eigenvalue weighted by molar-refractivity contribution is -0.113. The molecule has 1 fully saturated rings. The first-order valence-electron chi connectivity index (χ1n) is 7.94. The van der Waals surface area contributed by atoms with Gasteiger partial charge in [0.1, 0.15) is 6.33 Å². The van der Waals surface area contributed by atoms with Crippen LogP contribution >= 0.6 is 11.8 Å². The number of carbonyl (C=O) groups excluding carboxylic acids is 1. The molecule has 7 heteroatoms. The number of amidine groups is 1. The number of carbonyl (C=O) groups is 1. The number of aliphatic imine (C=N–C) groups is 1. The number of allylic oxidation sites excluding steroid dienone is 1. The van der Waals surface area contributed by atoms with Crippen molar-refractivity contribution in [2.75, 3.05) is 13.1 Å². The molecule has 1 aromatic carbocycles. The molecule has 2 aromatic rings. The number of rotatable bonds is 2. The summed E-state index contributed by atoms with van der Waals surface area (Å²) >= 11 is 1.28. The van der Waals surface area contributed by atoms with Crippen molar-refractivity contribution in [2.45, 2.75) is 12.8 Å². The van der Waals surface area contributed by atoms with E-state index >= 15 is 0 Å². The van der Waals surface area contributed by atoms with Gasteiger partial charge in [-0.15, -0.1) is 0 Å². The third-order valence-electron chi connectivity index (χ3n) is 4.42. The summed E-state index contributed by atoms with van der Waals surface area (Å²) in [5.74, 6) is 0.0938. The van der Waals surface area contributed by atoms with Crippen LogP contribution < -0.4 is 11.1 Å². The van der Waals surface area contributed by atoms with E-state index in [0.29, 0.717) is 16.0 Å². The fraction of sp³-hybridized carbons (Fsp3) is 0.294. The van der Waals surface area contributed by atoms with Crippen molar-refractivity contribution in [1.29, 1.82) is 0 Å².